The van der Waals surface area contributed by atoms with Crippen molar-refractivity contribution in [2.24, 2.45) is 41.4 Å². The summed E-state index contributed by atoms with van der Waals surface area (Å²) in [4.78, 5) is 12.7. The maximum atomic E-state index is 12.7. The zero-order valence-corrected chi connectivity index (χ0v) is 13.7. The summed E-state index contributed by atoms with van der Waals surface area (Å²) in [6, 6.07) is 0. The molecular weight excluding hydrogens is 292 g/mol. The van der Waals surface area contributed by atoms with Crippen LogP contribution >= 0.6 is 0 Å². The molecule has 0 aromatic rings. The number of carbonyl (C=O) groups excluding carboxylic acids is 1. The van der Waals surface area contributed by atoms with Crippen LogP contribution in [-0.2, 0) is 19.0 Å². The number of rotatable bonds is 4. The van der Waals surface area contributed by atoms with Gasteiger partial charge in [0, 0.05) is 13.0 Å². The summed E-state index contributed by atoms with van der Waals surface area (Å²) in [5, 5.41) is 0. The second-order valence-corrected chi connectivity index (χ2v) is 8.19. The Kier molecular flexibility index (Phi) is 3.35. The zero-order valence-electron chi connectivity index (χ0n) is 13.7. The summed E-state index contributed by atoms with van der Waals surface area (Å²) in [7, 11) is 0. The van der Waals surface area contributed by atoms with Gasteiger partial charge < -0.3 is 14.2 Å². The molecule has 9 atom stereocenters. The van der Waals surface area contributed by atoms with E-state index >= 15 is 0 Å². The van der Waals surface area contributed by atoms with Crippen molar-refractivity contribution in [1.82, 2.24) is 0 Å². The molecule has 4 nitrogen and oxygen atoms in total. The van der Waals surface area contributed by atoms with Crippen LogP contribution < -0.4 is 0 Å². The number of fused-ring (bicyclic) bond motifs is 9. The average molecular weight is 318 g/mol. The van der Waals surface area contributed by atoms with Gasteiger partial charge in [-0.05, 0) is 68.1 Å². The molecule has 4 aliphatic carbocycles. The van der Waals surface area contributed by atoms with Gasteiger partial charge in [0.25, 0.3) is 0 Å². The van der Waals surface area contributed by atoms with Crippen molar-refractivity contribution in [3.05, 3.63) is 12.2 Å². The monoisotopic (exact) mass is 318 g/mol. The predicted molar refractivity (Wildman–Crippen MR) is 83.0 cm³/mol. The van der Waals surface area contributed by atoms with Crippen molar-refractivity contribution in [2.75, 3.05) is 6.61 Å². The third kappa shape index (κ3) is 2.21. The largest absolute Gasteiger partial charge is 0.436 e. The lowest BCUT2D eigenvalue weighted by atomic mass is 9.69. The van der Waals surface area contributed by atoms with Gasteiger partial charge in [0.1, 0.15) is 0 Å². The van der Waals surface area contributed by atoms with Crippen LogP contribution in [0, 0.1) is 41.4 Å². The van der Waals surface area contributed by atoms with E-state index in [9.17, 15) is 4.79 Å². The number of carbonyl (C=O) groups is 1. The number of allylic oxidation sites excluding steroid dienone is 2. The second kappa shape index (κ2) is 5.32. The number of ether oxygens (including phenoxy) is 3. The van der Waals surface area contributed by atoms with Gasteiger partial charge in [0.2, 0.25) is 6.29 Å². The molecule has 0 spiro atoms. The predicted octanol–water partition coefficient (Wildman–Crippen LogP) is 3.12. The van der Waals surface area contributed by atoms with Gasteiger partial charge in [0.15, 0.2) is 6.29 Å². The van der Waals surface area contributed by atoms with Crippen LogP contribution in [0.3, 0.4) is 0 Å². The van der Waals surface area contributed by atoms with Gasteiger partial charge in [-0.3, -0.25) is 4.79 Å². The molecule has 0 aromatic heterocycles. The Labute approximate surface area is 137 Å². The van der Waals surface area contributed by atoms with Crippen LogP contribution in [0.15, 0.2) is 12.2 Å². The first-order valence-corrected chi connectivity index (χ1v) is 9.36. The van der Waals surface area contributed by atoms with Gasteiger partial charge in [-0.25, -0.2) is 0 Å². The molecule has 4 bridgehead atoms. The standard InChI is InChI=1S/C19H26O4/c1-10(22-16-3-2-6-21-16)23-19(20)15-9-13-8-14(15)18-12-5-4-11(7-12)17(13)18/h4-5,10-18H,2-3,6-9H2,1H3. The molecule has 5 rings (SSSR count). The summed E-state index contributed by atoms with van der Waals surface area (Å²) in [5.41, 5.74) is 0. The Morgan fingerprint density at radius 2 is 2.00 bits per heavy atom. The third-order valence-corrected chi connectivity index (χ3v) is 7.09. The van der Waals surface area contributed by atoms with Gasteiger partial charge in [-0.15, -0.1) is 0 Å². The van der Waals surface area contributed by atoms with Gasteiger partial charge in [-0.1, -0.05) is 12.2 Å². The summed E-state index contributed by atoms with van der Waals surface area (Å²) < 4.78 is 16.7. The molecule has 0 aromatic carbocycles. The maximum Gasteiger partial charge on any atom is 0.311 e. The van der Waals surface area contributed by atoms with Crippen LogP contribution in [0.25, 0.3) is 0 Å². The summed E-state index contributed by atoms with van der Waals surface area (Å²) >= 11 is 0. The van der Waals surface area contributed by atoms with E-state index in [-0.39, 0.29) is 18.2 Å². The minimum Gasteiger partial charge on any atom is -0.436 e. The van der Waals surface area contributed by atoms with E-state index in [0.717, 1.165) is 55.5 Å². The van der Waals surface area contributed by atoms with Crippen LogP contribution in [0.2, 0.25) is 0 Å². The average Bonchev–Trinajstić information content (AvgIpc) is 3.30. The molecule has 1 heterocycles. The summed E-state index contributed by atoms with van der Waals surface area (Å²) in [5.74, 6) is 4.51. The van der Waals surface area contributed by atoms with Crippen molar-refractivity contribution in [3.63, 3.8) is 0 Å². The van der Waals surface area contributed by atoms with Crippen molar-refractivity contribution in [3.8, 4) is 0 Å². The summed E-state index contributed by atoms with van der Waals surface area (Å²) in [6.07, 6.45) is 9.70. The smallest absolute Gasteiger partial charge is 0.311 e. The third-order valence-electron chi connectivity index (χ3n) is 7.09. The van der Waals surface area contributed by atoms with E-state index < -0.39 is 6.29 Å². The highest BCUT2D eigenvalue weighted by Gasteiger charge is 2.62. The van der Waals surface area contributed by atoms with E-state index in [1.54, 1.807) is 0 Å². The van der Waals surface area contributed by atoms with Gasteiger partial charge >= 0.3 is 5.97 Å². The fraction of sp³-hybridized carbons (Fsp3) is 0.842. The molecule has 23 heavy (non-hydrogen) atoms. The van der Waals surface area contributed by atoms with E-state index in [1.165, 1.54) is 12.8 Å². The maximum absolute atomic E-state index is 12.7. The van der Waals surface area contributed by atoms with E-state index in [0.29, 0.717) is 5.92 Å². The van der Waals surface area contributed by atoms with E-state index in [1.807, 2.05) is 6.92 Å². The van der Waals surface area contributed by atoms with Crippen molar-refractivity contribution in [1.29, 1.82) is 0 Å². The molecule has 126 valence electrons. The van der Waals surface area contributed by atoms with Crippen LogP contribution in [0.4, 0.5) is 0 Å². The zero-order chi connectivity index (χ0) is 15.6. The Morgan fingerprint density at radius 1 is 1.17 bits per heavy atom. The molecular formula is C19H26O4. The van der Waals surface area contributed by atoms with Gasteiger partial charge in [0.05, 0.1) is 5.92 Å². The van der Waals surface area contributed by atoms with E-state index in [4.69, 9.17) is 14.2 Å². The van der Waals surface area contributed by atoms with Crippen LogP contribution in [0.1, 0.15) is 39.0 Å². The first-order valence-electron chi connectivity index (χ1n) is 9.36. The minimum absolute atomic E-state index is 0.0341. The Morgan fingerprint density at radius 3 is 2.78 bits per heavy atom. The molecule has 4 fully saturated rings. The fourth-order valence-corrected chi connectivity index (χ4v) is 6.44. The quantitative estimate of drug-likeness (QED) is 0.346. The highest BCUT2D eigenvalue weighted by atomic mass is 16.8. The highest BCUT2D eigenvalue weighted by molar-refractivity contribution is 5.73. The Bertz CT molecular complexity index is 523. The lowest BCUT2D eigenvalue weighted by Gasteiger charge is -2.36. The number of esters is 1. The van der Waals surface area contributed by atoms with Crippen LogP contribution in [-0.4, -0.2) is 25.2 Å². The van der Waals surface area contributed by atoms with Crippen molar-refractivity contribution >= 4 is 5.97 Å². The fourth-order valence-electron chi connectivity index (χ4n) is 6.44. The number of hydrogen-bond donors (Lipinski definition) is 0. The molecule has 0 radical (unpaired) electrons. The molecule has 9 unspecified atom stereocenters. The summed E-state index contributed by atoms with van der Waals surface area (Å²) in [6.45, 7) is 2.56. The molecule has 1 aliphatic heterocycles. The molecule has 5 aliphatic rings. The normalized spacial score (nSPS) is 50.5. The highest BCUT2D eigenvalue weighted by Crippen LogP contribution is 2.67. The molecule has 0 N–H and O–H groups in total. The topological polar surface area (TPSA) is 44.8 Å². The SMILES string of the molecule is CC(OC(=O)C1CC2CC1C1C3C=CC(C3)C21)OC1CCCO1. The Hall–Kier alpha value is -0.870. The van der Waals surface area contributed by atoms with Gasteiger partial charge in [-0.2, -0.15) is 0 Å². The van der Waals surface area contributed by atoms with Crippen molar-refractivity contribution in [2.45, 2.75) is 51.6 Å². The van der Waals surface area contributed by atoms with E-state index in [2.05, 4.69) is 12.2 Å². The number of hydrogen-bond acceptors (Lipinski definition) is 4. The minimum atomic E-state index is -0.500. The first kappa shape index (κ1) is 14.5. The molecule has 4 heteroatoms. The lowest BCUT2D eigenvalue weighted by molar-refractivity contribution is -0.226. The molecule has 3 saturated carbocycles. The van der Waals surface area contributed by atoms with Crippen LogP contribution in [0.5, 0.6) is 0 Å². The molecule has 1 saturated heterocycles. The molecule has 0 amide bonds. The first-order chi connectivity index (χ1) is 11.2. The Balaban J connectivity index is 1.21. The second-order valence-electron chi connectivity index (χ2n) is 8.19. The lowest BCUT2D eigenvalue weighted by Crippen LogP contribution is -2.37. The van der Waals surface area contributed by atoms with Crippen molar-refractivity contribution < 1.29 is 19.0 Å².